The van der Waals surface area contributed by atoms with Gasteiger partial charge in [-0.3, -0.25) is 0 Å². The van der Waals surface area contributed by atoms with Gasteiger partial charge in [-0.25, -0.2) is 0 Å². The summed E-state index contributed by atoms with van der Waals surface area (Å²) in [5.74, 6) is 1.32. The summed E-state index contributed by atoms with van der Waals surface area (Å²) in [6, 6.07) is 2.31. The third-order valence-corrected chi connectivity index (χ3v) is 5.23. The Bertz CT molecular complexity index is 210. The number of likely N-dealkylation sites (tertiary alicyclic amines) is 1. The normalized spacial score (nSPS) is 43.4. The third kappa shape index (κ3) is 3.11. The molecule has 2 heterocycles. The molecule has 0 aromatic carbocycles. The van der Waals surface area contributed by atoms with E-state index in [0.29, 0.717) is 0 Å². The van der Waals surface area contributed by atoms with Gasteiger partial charge in [-0.05, 0) is 39.8 Å². The van der Waals surface area contributed by atoms with Crippen LogP contribution in [0.1, 0.15) is 33.1 Å². The number of rotatable bonds is 2. The molecule has 2 nitrogen and oxygen atoms in total. The van der Waals surface area contributed by atoms with E-state index in [4.69, 9.17) is 0 Å². The van der Waals surface area contributed by atoms with Crippen LogP contribution in [0.5, 0.6) is 0 Å². The van der Waals surface area contributed by atoms with Gasteiger partial charge >= 0.3 is 0 Å². The zero-order valence-corrected chi connectivity index (χ0v) is 11.0. The van der Waals surface area contributed by atoms with Crippen molar-refractivity contribution in [1.29, 1.82) is 0 Å². The van der Waals surface area contributed by atoms with E-state index < -0.39 is 0 Å². The van der Waals surface area contributed by atoms with E-state index in [9.17, 15) is 0 Å². The van der Waals surface area contributed by atoms with E-state index >= 15 is 0 Å². The second-order valence-corrected chi connectivity index (χ2v) is 6.77. The van der Waals surface area contributed by atoms with Crippen molar-refractivity contribution in [1.82, 2.24) is 10.2 Å². The summed E-state index contributed by atoms with van der Waals surface area (Å²) >= 11 is 2.12. The minimum atomic E-state index is 0.753. The van der Waals surface area contributed by atoms with Crippen LogP contribution in [-0.4, -0.2) is 47.6 Å². The zero-order valence-electron chi connectivity index (χ0n) is 10.2. The van der Waals surface area contributed by atoms with Gasteiger partial charge in [0.2, 0.25) is 0 Å². The van der Waals surface area contributed by atoms with E-state index in [0.717, 1.165) is 23.4 Å². The monoisotopic (exact) mass is 228 g/mol. The highest BCUT2D eigenvalue weighted by atomic mass is 32.2. The van der Waals surface area contributed by atoms with Gasteiger partial charge in [0.15, 0.2) is 0 Å². The lowest BCUT2D eigenvalue weighted by Gasteiger charge is -2.36. The molecule has 0 aliphatic carbocycles. The number of hydrogen-bond donors (Lipinski definition) is 1. The van der Waals surface area contributed by atoms with Gasteiger partial charge in [0.05, 0.1) is 0 Å². The highest BCUT2D eigenvalue weighted by molar-refractivity contribution is 8.00. The van der Waals surface area contributed by atoms with Crippen molar-refractivity contribution in [3.63, 3.8) is 0 Å². The molecule has 2 saturated heterocycles. The summed E-state index contributed by atoms with van der Waals surface area (Å²) in [5.41, 5.74) is 0. The molecule has 88 valence electrons. The molecular weight excluding hydrogens is 204 g/mol. The number of nitrogens with one attached hydrogen (secondary N) is 1. The lowest BCUT2D eigenvalue weighted by molar-refractivity contribution is 0.163. The second kappa shape index (κ2) is 5.07. The van der Waals surface area contributed by atoms with Crippen LogP contribution in [0.4, 0.5) is 0 Å². The van der Waals surface area contributed by atoms with E-state index in [1.165, 1.54) is 31.6 Å². The van der Waals surface area contributed by atoms with Crippen LogP contribution in [0.15, 0.2) is 0 Å². The fourth-order valence-corrected chi connectivity index (χ4v) is 3.87. The maximum Gasteiger partial charge on any atom is 0.0171 e. The molecule has 2 aliphatic heterocycles. The van der Waals surface area contributed by atoms with Crippen molar-refractivity contribution in [2.45, 2.75) is 56.5 Å². The molecule has 0 saturated carbocycles. The molecule has 0 bridgehead atoms. The zero-order chi connectivity index (χ0) is 10.8. The highest BCUT2D eigenvalue weighted by Gasteiger charge is 2.27. The molecule has 2 aliphatic rings. The summed E-state index contributed by atoms with van der Waals surface area (Å²) in [5, 5.41) is 4.72. The van der Waals surface area contributed by atoms with Crippen LogP contribution in [0, 0.1) is 0 Å². The SMILES string of the molecule is CC1CC(NC2CCN(C)C(C)C2)CS1. The van der Waals surface area contributed by atoms with Gasteiger partial charge in [0.1, 0.15) is 0 Å². The average molecular weight is 228 g/mol. The first kappa shape index (κ1) is 11.7. The Hall–Kier alpha value is 0.270. The van der Waals surface area contributed by atoms with Gasteiger partial charge in [0, 0.05) is 29.1 Å². The smallest absolute Gasteiger partial charge is 0.0171 e. The van der Waals surface area contributed by atoms with Crippen molar-refractivity contribution in [3.8, 4) is 0 Å². The average Bonchev–Trinajstić information content (AvgIpc) is 2.58. The molecule has 0 radical (unpaired) electrons. The van der Waals surface area contributed by atoms with Crippen LogP contribution in [0.3, 0.4) is 0 Å². The van der Waals surface area contributed by atoms with Crippen molar-refractivity contribution >= 4 is 11.8 Å². The Kier molecular flexibility index (Phi) is 3.97. The summed E-state index contributed by atoms with van der Waals surface area (Å²) in [6.45, 7) is 5.96. The lowest BCUT2D eigenvalue weighted by Crippen LogP contribution is -2.48. The van der Waals surface area contributed by atoms with Crippen LogP contribution in [0.2, 0.25) is 0 Å². The first-order chi connectivity index (χ1) is 7.15. The molecule has 15 heavy (non-hydrogen) atoms. The van der Waals surface area contributed by atoms with Crippen molar-refractivity contribution in [2.75, 3.05) is 19.3 Å². The predicted molar refractivity (Wildman–Crippen MR) is 68.6 cm³/mol. The Balaban J connectivity index is 1.75. The maximum absolute atomic E-state index is 3.85. The number of hydrogen-bond acceptors (Lipinski definition) is 3. The predicted octanol–water partition coefficient (Wildman–Crippen LogP) is 1.95. The summed E-state index contributed by atoms with van der Waals surface area (Å²) < 4.78 is 0. The number of thioether (sulfide) groups is 1. The minimum absolute atomic E-state index is 0.753. The number of piperidine rings is 1. The molecule has 4 unspecified atom stereocenters. The summed E-state index contributed by atoms with van der Waals surface area (Å²) in [4.78, 5) is 2.48. The quantitative estimate of drug-likeness (QED) is 0.778. The molecule has 0 aromatic rings. The molecule has 0 spiro atoms. The molecule has 2 fully saturated rings. The van der Waals surface area contributed by atoms with E-state index in [-0.39, 0.29) is 0 Å². The van der Waals surface area contributed by atoms with Gasteiger partial charge in [-0.2, -0.15) is 11.8 Å². The first-order valence-corrected chi connectivity index (χ1v) is 7.28. The molecule has 3 heteroatoms. The Morgan fingerprint density at radius 1 is 1.20 bits per heavy atom. The molecule has 1 N–H and O–H groups in total. The topological polar surface area (TPSA) is 15.3 Å². The van der Waals surface area contributed by atoms with E-state index in [2.05, 4.69) is 42.9 Å². The minimum Gasteiger partial charge on any atom is -0.310 e. The van der Waals surface area contributed by atoms with E-state index in [1.54, 1.807) is 0 Å². The third-order valence-electron chi connectivity index (χ3n) is 3.88. The van der Waals surface area contributed by atoms with Gasteiger partial charge in [-0.15, -0.1) is 0 Å². The highest BCUT2D eigenvalue weighted by Crippen LogP contribution is 2.27. The molecule has 0 amide bonds. The fraction of sp³-hybridized carbons (Fsp3) is 1.00. The summed E-state index contributed by atoms with van der Waals surface area (Å²) in [7, 11) is 2.24. The Labute approximate surface area is 98.2 Å². The van der Waals surface area contributed by atoms with Crippen molar-refractivity contribution in [3.05, 3.63) is 0 Å². The maximum atomic E-state index is 3.85. The van der Waals surface area contributed by atoms with Crippen molar-refractivity contribution in [2.24, 2.45) is 0 Å². The van der Waals surface area contributed by atoms with E-state index in [1.807, 2.05) is 0 Å². The Morgan fingerprint density at radius 3 is 2.60 bits per heavy atom. The van der Waals surface area contributed by atoms with Gasteiger partial charge in [-0.1, -0.05) is 6.92 Å². The second-order valence-electron chi connectivity index (χ2n) is 5.29. The molecule has 4 atom stereocenters. The lowest BCUT2D eigenvalue weighted by atomic mass is 9.98. The van der Waals surface area contributed by atoms with Gasteiger partial charge in [0.25, 0.3) is 0 Å². The Morgan fingerprint density at radius 2 is 2.00 bits per heavy atom. The standard InChI is InChI=1S/C12H24N2S/c1-9-6-11(4-5-14(9)3)13-12-7-10(2)15-8-12/h9-13H,4-8H2,1-3H3. The summed E-state index contributed by atoms with van der Waals surface area (Å²) in [6.07, 6.45) is 4.02. The largest absolute Gasteiger partial charge is 0.310 e. The van der Waals surface area contributed by atoms with Crippen LogP contribution >= 0.6 is 11.8 Å². The first-order valence-electron chi connectivity index (χ1n) is 6.23. The van der Waals surface area contributed by atoms with Crippen LogP contribution in [-0.2, 0) is 0 Å². The fourth-order valence-electron chi connectivity index (χ4n) is 2.71. The molecule has 2 rings (SSSR count). The van der Waals surface area contributed by atoms with Crippen LogP contribution in [0.25, 0.3) is 0 Å². The van der Waals surface area contributed by atoms with Crippen molar-refractivity contribution < 1.29 is 0 Å². The molecule has 0 aromatic heterocycles. The van der Waals surface area contributed by atoms with Crippen LogP contribution < -0.4 is 5.32 Å². The van der Waals surface area contributed by atoms with Gasteiger partial charge < -0.3 is 10.2 Å². The number of nitrogens with zero attached hydrogens (tertiary/aromatic N) is 1. The molecular formula is C12H24N2S.